The van der Waals surface area contributed by atoms with Gasteiger partial charge in [-0.25, -0.2) is 4.39 Å². The molecule has 0 aromatic heterocycles. The summed E-state index contributed by atoms with van der Waals surface area (Å²) in [7, 11) is 0. The van der Waals surface area contributed by atoms with E-state index < -0.39 is 0 Å². The summed E-state index contributed by atoms with van der Waals surface area (Å²) in [5.74, 6) is -0.301. The van der Waals surface area contributed by atoms with Gasteiger partial charge in [-0.1, -0.05) is 6.07 Å². The quantitative estimate of drug-likeness (QED) is 0.671. The Balaban J connectivity index is 3.13. The van der Waals surface area contributed by atoms with Crippen LogP contribution in [-0.4, -0.2) is 6.41 Å². The van der Waals surface area contributed by atoms with E-state index in [0.29, 0.717) is 17.7 Å². The summed E-state index contributed by atoms with van der Waals surface area (Å²) in [6.07, 6.45) is 0.539. The minimum absolute atomic E-state index is 0.301. The van der Waals surface area contributed by atoms with Gasteiger partial charge >= 0.3 is 0 Å². The highest BCUT2D eigenvalue weighted by molar-refractivity contribution is 5.73. The van der Waals surface area contributed by atoms with Gasteiger partial charge in [0.25, 0.3) is 0 Å². The molecule has 1 aromatic carbocycles. The molecular formula is C9H10FNO. The summed E-state index contributed by atoms with van der Waals surface area (Å²) in [6, 6.07) is 3.01. The molecule has 1 rings (SSSR count). The molecular weight excluding hydrogens is 157 g/mol. The maximum Gasteiger partial charge on any atom is 0.211 e. The lowest BCUT2D eigenvalue weighted by Crippen LogP contribution is -1.98. The normalized spacial score (nSPS) is 9.58. The molecule has 0 aliphatic carbocycles. The number of halogens is 1. The Morgan fingerprint density at radius 1 is 1.33 bits per heavy atom. The molecule has 1 amide bonds. The number of hydrogen-bond acceptors (Lipinski definition) is 1. The molecule has 1 aromatic rings. The second-order valence-electron chi connectivity index (χ2n) is 2.68. The topological polar surface area (TPSA) is 29.1 Å². The number of aryl methyl sites for hydroxylation is 2. The highest BCUT2D eigenvalue weighted by Crippen LogP contribution is 2.18. The molecule has 0 atom stereocenters. The van der Waals surface area contributed by atoms with Crippen molar-refractivity contribution in [2.45, 2.75) is 13.8 Å². The molecule has 0 radical (unpaired) electrons. The molecule has 64 valence electrons. The zero-order chi connectivity index (χ0) is 9.14. The van der Waals surface area contributed by atoms with Crippen molar-refractivity contribution in [3.05, 3.63) is 29.1 Å². The van der Waals surface area contributed by atoms with Crippen LogP contribution in [0.25, 0.3) is 0 Å². The van der Waals surface area contributed by atoms with E-state index in [4.69, 9.17) is 0 Å². The van der Waals surface area contributed by atoms with E-state index in [1.807, 2.05) is 6.92 Å². The van der Waals surface area contributed by atoms with Gasteiger partial charge in [-0.2, -0.15) is 0 Å². The lowest BCUT2D eigenvalue weighted by molar-refractivity contribution is -0.105. The fourth-order valence-corrected chi connectivity index (χ4v) is 1.04. The molecule has 3 heteroatoms. The maximum absolute atomic E-state index is 12.9. The van der Waals surface area contributed by atoms with Crippen molar-refractivity contribution in [1.82, 2.24) is 0 Å². The summed E-state index contributed by atoms with van der Waals surface area (Å²) < 4.78 is 12.9. The number of carbonyl (C=O) groups excluding carboxylic acids is 1. The van der Waals surface area contributed by atoms with Gasteiger partial charge in [-0.05, 0) is 31.0 Å². The van der Waals surface area contributed by atoms with Gasteiger partial charge in [0.1, 0.15) is 5.82 Å². The molecule has 0 spiro atoms. The van der Waals surface area contributed by atoms with Gasteiger partial charge < -0.3 is 5.32 Å². The van der Waals surface area contributed by atoms with Crippen LogP contribution in [0.4, 0.5) is 10.1 Å². The molecule has 12 heavy (non-hydrogen) atoms. The number of anilines is 1. The van der Waals surface area contributed by atoms with E-state index in [1.54, 1.807) is 13.0 Å². The fourth-order valence-electron chi connectivity index (χ4n) is 1.04. The maximum atomic E-state index is 12.9. The molecule has 2 nitrogen and oxygen atoms in total. The number of nitrogens with one attached hydrogen (secondary N) is 1. The highest BCUT2D eigenvalue weighted by Gasteiger charge is 2.02. The fraction of sp³-hybridized carbons (Fsp3) is 0.222. The van der Waals surface area contributed by atoms with Crippen molar-refractivity contribution < 1.29 is 9.18 Å². The largest absolute Gasteiger partial charge is 0.328 e. The van der Waals surface area contributed by atoms with Crippen LogP contribution < -0.4 is 5.32 Å². The van der Waals surface area contributed by atoms with E-state index in [1.165, 1.54) is 6.07 Å². The average molecular weight is 167 g/mol. The minimum Gasteiger partial charge on any atom is -0.328 e. The van der Waals surface area contributed by atoms with E-state index in [2.05, 4.69) is 5.32 Å². The van der Waals surface area contributed by atoms with Crippen LogP contribution in [0.5, 0.6) is 0 Å². The summed E-state index contributed by atoms with van der Waals surface area (Å²) in [5.41, 5.74) is 1.97. The van der Waals surface area contributed by atoms with Crippen molar-refractivity contribution in [1.29, 1.82) is 0 Å². The second kappa shape index (κ2) is 3.34. The van der Waals surface area contributed by atoms with E-state index in [-0.39, 0.29) is 5.82 Å². The van der Waals surface area contributed by atoms with Crippen LogP contribution >= 0.6 is 0 Å². The zero-order valence-corrected chi connectivity index (χ0v) is 7.02. The van der Waals surface area contributed by atoms with Crippen LogP contribution in [0.15, 0.2) is 12.1 Å². The van der Waals surface area contributed by atoms with Gasteiger partial charge in [0.15, 0.2) is 0 Å². The zero-order valence-electron chi connectivity index (χ0n) is 7.02. The van der Waals surface area contributed by atoms with Crippen LogP contribution in [0.2, 0.25) is 0 Å². The third kappa shape index (κ3) is 1.61. The minimum atomic E-state index is -0.301. The van der Waals surface area contributed by atoms with Crippen molar-refractivity contribution >= 4 is 12.1 Å². The Labute approximate surface area is 70.4 Å². The van der Waals surface area contributed by atoms with Gasteiger partial charge in [0, 0.05) is 5.69 Å². The highest BCUT2D eigenvalue weighted by atomic mass is 19.1. The smallest absolute Gasteiger partial charge is 0.211 e. The molecule has 0 unspecified atom stereocenters. The molecule has 0 saturated heterocycles. The Hall–Kier alpha value is -1.38. The molecule has 0 aliphatic rings. The number of hydrogen-bond donors (Lipinski definition) is 1. The van der Waals surface area contributed by atoms with Crippen LogP contribution in [-0.2, 0) is 4.79 Å². The summed E-state index contributed by atoms with van der Waals surface area (Å²) >= 11 is 0. The predicted octanol–water partition coefficient (Wildman–Crippen LogP) is 2.01. The van der Waals surface area contributed by atoms with Gasteiger partial charge in [0.2, 0.25) is 6.41 Å². The number of rotatable bonds is 2. The first kappa shape index (κ1) is 8.71. The van der Waals surface area contributed by atoms with Crippen LogP contribution in [0.1, 0.15) is 11.1 Å². The Morgan fingerprint density at radius 3 is 2.58 bits per heavy atom. The van der Waals surface area contributed by atoms with Crippen LogP contribution in [0.3, 0.4) is 0 Å². The van der Waals surface area contributed by atoms with Crippen molar-refractivity contribution in [3.63, 3.8) is 0 Å². The van der Waals surface area contributed by atoms with Crippen molar-refractivity contribution in [2.24, 2.45) is 0 Å². The first-order valence-electron chi connectivity index (χ1n) is 3.62. The van der Waals surface area contributed by atoms with Gasteiger partial charge in [-0.15, -0.1) is 0 Å². The first-order valence-corrected chi connectivity index (χ1v) is 3.62. The molecule has 0 aliphatic heterocycles. The van der Waals surface area contributed by atoms with Gasteiger partial charge in [-0.3, -0.25) is 4.79 Å². The summed E-state index contributed by atoms with van der Waals surface area (Å²) in [6.45, 7) is 3.51. The van der Waals surface area contributed by atoms with E-state index >= 15 is 0 Å². The predicted molar refractivity (Wildman–Crippen MR) is 45.6 cm³/mol. The van der Waals surface area contributed by atoms with E-state index in [0.717, 1.165) is 5.56 Å². The van der Waals surface area contributed by atoms with Gasteiger partial charge in [0.05, 0.1) is 0 Å². The number of benzene rings is 1. The SMILES string of the molecule is Cc1cc(C)c(NC=O)cc1F. The molecule has 1 N–H and O–H groups in total. The third-order valence-electron chi connectivity index (χ3n) is 1.72. The van der Waals surface area contributed by atoms with Crippen molar-refractivity contribution in [3.8, 4) is 0 Å². The Morgan fingerprint density at radius 2 is 2.00 bits per heavy atom. The van der Waals surface area contributed by atoms with E-state index in [9.17, 15) is 9.18 Å². The molecule has 0 saturated carbocycles. The molecule has 0 fully saturated rings. The van der Waals surface area contributed by atoms with Crippen LogP contribution in [0, 0.1) is 19.7 Å². The standard InChI is InChI=1S/C9H10FNO/c1-6-3-7(2)9(11-5-12)4-8(6)10/h3-5H,1-2H3,(H,11,12). The summed E-state index contributed by atoms with van der Waals surface area (Å²) in [5, 5.41) is 2.42. The first-order chi connectivity index (χ1) is 5.65. The Kier molecular flexibility index (Phi) is 2.43. The monoisotopic (exact) mass is 167 g/mol. The molecule has 0 bridgehead atoms. The molecule has 0 heterocycles. The average Bonchev–Trinajstić information content (AvgIpc) is 2.01. The third-order valence-corrected chi connectivity index (χ3v) is 1.72. The summed E-state index contributed by atoms with van der Waals surface area (Å²) in [4.78, 5) is 10.1. The van der Waals surface area contributed by atoms with Crippen molar-refractivity contribution in [2.75, 3.05) is 5.32 Å². The second-order valence-corrected chi connectivity index (χ2v) is 2.68. The lowest BCUT2D eigenvalue weighted by Gasteiger charge is -2.05. The lowest BCUT2D eigenvalue weighted by atomic mass is 10.1. The number of amides is 1. The Bertz CT molecular complexity index is 310. The number of carbonyl (C=O) groups is 1.